The van der Waals surface area contributed by atoms with E-state index in [0.717, 1.165) is 6.07 Å². The zero-order valence-electron chi connectivity index (χ0n) is 16.9. The predicted octanol–water partition coefficient (Wildman–Crippen LogP) is 2.81. The van der Waals surface area contributed by atoms with Gasteiger partial charge in [-0.05, 0) is 36.2 Å². The number of nitro groups is 1. The zero-order chi connectivity index (χ0) is 22.7. The summed E-state index contributed by atoms with van der Waals surface area (Å²) in [5.74, 6) is -2.19. The van der Waals surface area contributed by atoms with Crippen LogP contribution in [-0.4, -0.2) is 40.0 Å². The van der Waals surface area contributed by atoms with Crippen LogP contribution in [0.2, 0.25) is 0 Å². The normalized spacial score (nSPS) is 12.7. The van der Waals surface area contributed by atoms with Gasteiger partial charge in [-0.1, -0.05) is 19.9 Å². The minimum Gasteiger partial charge on any atom is -0.326 e. The number of carbonyl (C=O) groups excluding carboxylic acids is 4. The average Bonchev–Trinajstić information content (AvgIpc) is 2.93. The van der Waals surface area contributed by atoms with Gasteiger partial charge in [0.1, 0.15) is 12.1 Å². The van der Waals surface area contributed by atoms with Crippen LogP contribution in [0.15, 0.2) is 42.5 Å². The number of fused-ring (bicyclic) bond motifs is 1. The highest BCUT2D eigenvalue weighted by Crippen LogP contribution is 2.30. The molecule has 0 saturated carbocycles. The molecule has 10 nitrogen and oxygen atoms in total. The molecule has 2 N–H and O–H groups in total. The van der Waals surface area contributed by atoms with Gasteiger partial charge in [0.25, 0.3) is 17.5 Å². The first-order chi connectivity index (χ1) is 14.7. The summed E-state index contributed by atoms with van der Waals surface area (Å²) in [5, 5.41) is 16.4. The third-order valence-electron chi connectivity index (χ3n) is 4.52. The van der Waals surface area contributed by atoms with Crippen molar-refractivity contribution in [3.63, 3.8) is 0 Å². The summed E-state index contributed by atoms with van der Waals surface area (Å²) in [5.41, 5.74) is 0.0694. The Morgan fingerprint density at radius 3 is 2.10 bits per heavy atom. The molecular formula is C21H20N4O6. The predicted molar refractivity (Wildman–Crippen MR) is 112 cm³/mol. The number of imide groups is 1. The van der Waals surface area contributed by atoms with Gasteiger partial charge in [0.05, 0.1) is 10.5 Å². The lowest BCUT2D eigenvalue weighted by Gasteiger charge is -2.14. The van der Waals surface area contributed by atoms with Crippen molar-refractivity contribution in [3.8, 4) is 0 Å². The maximum atomic E-state index is 12.5. The quantitative estimate of drug-likeness (QED) is 0.398. The van der Waals surface area contributed by atoms with E-state index >= 15 is 0 Å². The van der Waals surface area contributed by atoms with E-state index in [0.29, 0.717) is 22.7 Å². The lowest BCUT2D eigenvalue weighted by Crippen LogP contribution is -2.37. The molecule has 0 unspecified atom stereocenters. The summed E-state index contributed by atoms with van der Waals surface area (Å²) in [6.45, 7) is 3.28. The first kappa shape index (κ1) is 21.6. The van der Waals surface area contributed by atoms with Crippen LogP contribution in [0.3, 0.4) is 0 Å². The fourth-order valence-corrected chi connectivity index (χ4v) is 3.18. The number of nitrogens with one attached hydrogen (secondary N) is 2. The second-order valence-corrected chi connectivity index (χ2v) is 7.42. The van der Waals surface area contributed by atoms with Crippen molar-refractivity contribution in [2.24, 2.45) is 5.92 Å². The molecule has 2 aromatic carbocycles. The molecule has 1 heterocycles. The van der Waals surface area contributed by atoms with Gasteiger partial charge in [-0.25, -0.2) is 0 Å². The summed E-state index contributed by atoms with van der Waals surface area (Å²) in [4.78, 5) is 60.2. The van der Waals surface area contributed by atoms with Crippen LogP contribution in [0.25, 0.3) is 0 Å². The van der Waals surface area contributed by atoms with E-state index in [1.165, 1.54) is 12.1 Å². The van der Waals surface area contributed by atoms with Crippen molar-refractivity contribution in [2.75, 3.05) is 17.2 Å². The fraction of sp³-hybridized carbons (Fsp3) is 0.238. The molecule has 0 aromatic heterocycles. The Balaban J connectivity index is 1.64. The Kier molecular flexibility index (Phi) is 6.10. The van der Waals surface area contributed by atoms with Crippen LogP contribution in [0.5, 0.6) is 0 Å². The van der Waals surface area contributed by atoms with E-state index in [4.69, 9.17) is 0 Å². The first-order valence-corrected chi connectivity index (χ1v) is 9.50. The molecule has 0 fully saturated rings. The van der Waals surface area contributed by atoms with Gasteiger partial charge in [0.15, 0.2) is 0 Å². The van der Waals surface area contributed by atoms with E-state index in [-0.39, 0.29) is 23.0 Å². The van der Waals surface area contributed by atoms with Crippen molar-refractivity contribution in [1.82, 2.24) is 4.90 Å². The molecule has 4 amide bonds. The van der Waals surface area contributed by atoms with Crippen molar-refractivity contribution < 1.29 is 24.1 Å². The first-order valence-electron chi connectivity index (χ1n) is 9.50. The summed E-state index contributed by atoms with van der Waals surface area (Å²) in [6, 6.07) is 10.1. The SMILES string of the molecule is CC(C)CC(=O)Nc1ccc(NC(=O)CN2C(=O)c3cccc([N+](=O)[O-])c3C2=O)cc1. The molecule has 0 aliphatic carbocycles. The Morgan fingerprint density at radius 2 is 1.55 bits per heavy atom. The maximum absolute atomic E-state index is 12.5. The molecule has 2 aromatic rings. The Bertz CT molecular complexity index is 1080. The molecule has 160 valence electrons. The molecule has 10 heteroatoms. The average molecular weight is 424 g/mol. The minimum atomic E-state index is -0.884. The van der Waals surface area contributed by atoms with Gasteiger partial charge in [-0.2, -0.15) is 0 Å². The van der Waals surface area contributed by atoms with Crippen LogP contribution in [-0.2, 0) is 9.59 Å². The zero-order valence-corrected chi connectivity index (χ0v) is 16.9. The van der Waals surface area contributed by atoms with Crippen molar-refractivity contribution >= 4 is 40.7 Å². The molecule has 0 spiro atoms. The van der Waals surface area contributed by atoms with Gasteiger partial charge >= 0.3 is 0 Å². The highest BCUT2D eigenvalue weighted by atomic mass is 16.6. The van der Waals surface area contributed by atoms with Crippen LogP contribution in [0, 0.1) is 16.0 Å². The van der Waals surface area contributed by atoms with Crippen molar-refractivity contribution in [3.05, 3.63) is 63.7 Å². The van der Waals surface area contributed by atoms with Gasteiger partial charge < -0.3 is 10.6 Å². The van der Waals surface area contributed by atoms with Crippen LogP contribution in [0.4, 0.5) is 17.1 Å². The van der Waals surface area contributed by atoms with Crippen LogP contribution >= 0.6 is 0 Å². The summed E-state index contributed by atoms with van der Waals surface area (Å²) >= 11 is 0. The Hall–Kier alpha value is -4.08. The van der Waals surface area contributed by atoms with Crippen LogP contribution < -0.4 is 10.6 Å². The third-order valence-corrected chi connectivity index (χ3v) is 4.52. The molecule has 0 atom stereocenters. The number of nitrogens with zero attached hydrogens (tertiary/aromatic N) is 2. The molecule has 0 radical (unpaired) electrons. The standard InChI is InChI=1S/C21H20N4O6/c1-12(2)10-17(26)22-13-6-8-14(9-7-13)23-18(27)11-24-20(28)15-4-3-5-16(25(30)31)19(15)21(24)29/h3-9,12H,10-11H2,1-2H3,(H,22,26)(H,23,27). The number of carbonyl (C=O) groups is 4. The lowest BCUT2D eigenvalue weighted by atomic mass is 10.1. The Morgan fingerprint density at radius 1 is 0.968 bits per heavy atom. The van der Waals surface area contributed by atoms with Gasteiger partial charge in [0.2, 0.25) is 11.8 Å². The second kappa shape index (κ2) is 8.74. The van der Waals surface area contributed by atoms with E-state index in [2.05, 4.69) is 10.6 Å². The maximum Gasteiger partial charge on any atom is 0.282 e. The number of amides is 4. The highest BCUT2D eigenvalue weighted by Gasteiger charge is 2.41. The number of hydrogen-bond acceptors (Lipinski definition) is 6. The topological polar surface area (TPSA) is 139 Å². The molecule has 0 bridgehead atoms. The summed E-state index contributed by atoms with van der Waals surface area (Å²) < 4.78 is 0. The monoisotopic (exact) mass is 424 g/mol. The number of anilines is 2. The summed E-state index contributed by atoms with van der Waals surface area (Å²) in [7, 11) is 0. The fourth-order valence-electron chi connectivity index (χ4n) is 3.18. The molecule has 31 heavy (non-hydrogen) atoms. The molecule has 3 rings (SSSR count). The van der Waals surface area contributed by atoms with E-state index in [1.807, 2.05) is 13.8 Å². The summed E-state index contributed by atoms with van der Waals surface area (Å²) in [6.07, 6.45) is 0.386. The Labute approximate surface area is 177 Å². The van der Waals surface area contributed by atoms with E-state index in [1.54, 1.807) is 24.3 Å². The molecule has 1 aliphatic rings. The number of hydrogen-bond donors (Lipinski definition) is 2. The number of rotatable bonds is 7. The van der Waals surface area contributed by atoms with E-state index < -0.39 is 34.9 Å². The number of benzene rings is 2. The molecule has 1 aliphatic heterocycles. The van der Waals surface area contributed by atoms with Gasteiger partial charge in [-0.15, -0.1) is 0 Å². The lowest BCUT2D eigenvalue weighted by molar-refractivity contribution is -0.385. The number of nitro benzene ring substituents is 1. The van der Waals surface area contributed by atoms with E-state index in [9.17, 15) is 29.3 Å². The van der Waals surface area contributed by atoms with Gasteiger partial charge in [0, 0.05) is 23.9 Å². The van der Waals surface area contributed by atoms with Crippen molar-refractivity contribution in [1.29, 1.82) is 0 Å². The largest absolute Gasteiger partial charge is 0.326 e. The molecule has 0 saturated heterocycles. The van der Waals surface area contributed by atoms with Crippen LogP contribution in [0.1, 0.15) is 41.0 Å². The third kappa shape index (κ3) is 4.74. The minimum absolute atomic E-state index is 0.103. The molecular weight excluding hydrogens is 404 g/mol. The van der Waals surface area contributed by atoms with Gasteiger partial charge in [-0.3, -0.25) is 34.2 Å². The van der Waals surface area contributed by atoms with Crippen molar-refractivity contribution in [2.45, 2.75) is 20.3 Å². The highest BCUT2D eigenvalue weighted by molar-refractivity contribution is 6.24. The second-order valence-electron chi connectivity index (χ2n) is 7.42. The smallest absolute Gasteiger partial charge is 0.282 e.